The molecule has 0 saturated carbocycles. The van der Waals surface area contributed by atoms with Crippen LogP contribution in [0, 0.1) is 0 Å². The van der Waals surface area contributed by atoms with E-state index in [0.29, 0.717) is 6.61 Å². The van der Waals surface area contributed by atoms with Crippen LogP contribution < -0.4 is 10.2 Å². The van der Waals surface area contributed by atoms with Gasteiger partial charge in [0.25, 0.3) is 0 Å². The highest BCUT2D eigenvalue weighted by molar-refractivity contribution is 6.32. The number of rotatable bonds is 3. The third-order valence-corrected chi connectivity index (χ3v) is 2.13. The van der Waals surface area contributed by atoms with Crippen LogP contribution in [0.1, 0.15) is 5.56 Å². The molecule has 0 aliphatic heterocycles. The van der Waals surface area contributed by atoms with Crippen LogP contribution in [-0.4, -0.2) is 7.85 Å². The van der Waals surface area contributed by atoms with Gasteiger partial charge in [-0.2, -0.15) is 0 Å². The van der Waals surface area contributed by atoms with Crippen LogP contribution >= 0.6 is 0 Å². The summed E-state index contributed by atoms with van der Waals surface area (Å²) in [4.78, 5) is 0. The Morgan fingerprint density at radius 1 is 0.867 bits per heavy atom. The van der Waals surface area contributed by atoms with Crippen molar-refractivity contribution >= 4 is 13.3 Å². The zero-order valence-electron chi connectivity index (χ0n) is 8.39. The fourth-order valence-corrected chi connectivity index (χ4v) is 1.30. The lowest BCUT2D eigenvalue weighted by Gasteiger charge is -2.06. The van der Waals surface area contributed by atoms with Crippen LogP contribution in [0.4, 0.5) is 0 Å². The molecule has 0 atom stereocenters. The minimum atomic E-state index is 0.588. The predicted octanol–water partition coefficient (Wildman–Crippen LogP) is 2.06. The summed E-state index contributed by atoms with van der Waals surface area (Å²) in [6.45, 7) is 0.588. The molecule has 0 heterocycles. The summed E-state index contributed by atoms with van der Waals surface area (Å²) in [6.07, 6.45) is 0. The molecule has 2 rings (SSSR count). The highest BCUT2D eigenvalue weighted by atomic mass is 16.5. The number of hydrogen-bond donors (Lipinski definition) is 0. The van der Waals surface area contributed by atoms with E-state index in [9.17, 15) is 0 Å². The van der Waals surface area contributed by atoms with Gasteiger partial charge in [0.2, 0.25) is 0 Å². The molecule has 0 aliphatic rings. The van der Waals surface area contributed by atoms with Crippen molar-refractivity contribution in [1.29, 1.82) is 0 Å². The predicted molar refractivity (Wildman–Crippen MR) is 62.6 cm³/mol. The Hall–Kier alpha value is -1.70. The summed E-state index contributed by atoms with van der Waals surface area (Å²) in [5.74, 6) is 0.841. The van der Waals surface area contributed by atoms with E-state index in [2.05, 4.69) is 0 Å². The van der Waals surface area contributed by atoms with Gasteiger partial charge in [-0.1, -0.05) is 47.9 Å². The third kappa shape index (κ3) is 2.88. The van der Waals surface area contributed by atoms with Gasteiger partial charge in [-0.15, -0.1) is 0 Å². The molecule has 1 nitrogen and oxygen atoms in total. The maximum absolute atomic E-state index is 5.59. The molecule has 2 radical (unpaired) electrons. The zero-order valence-corrected chi connectivity index (χ0v) is 8.39. The molecular weight excluding hydrogens is 183 g/mol. The molecule has 0 fully saturated rings. The summed E-state index contributed by atoms with van der Waals surface area (Å²) in [7, 11) is 5.58. The summed E-state index contributed by atoms with van der Waals surface area (Å²) in [5.41, 5.74) is 1.91. The van der Waals surface area contributed by atoms with Gasteiger partial charge < -0.3 is 4.74 Å². The first-order valence-corrected chi connectivity index (χ1v) is 4.87. The summed E-state index contributed by atoms with van der Waals surface area (Å²) in [5, 5.41) is 0. The fraction of sp³-hybridized carbons (Fsp3) is 0.0769. The highest BCUT2D eigenvalue weighted by Gasteiger charge is 1.94. The van der Waals surface area contributed by atoms with Gasteiger partial charge in [0.15, 0.2) is 0 Å². The van der Waals surface area contributed by atoms with E-state index in [1.54, 1.807) is 0 Å². The van der Waals surface area contributed by atoms with E-state index in [0.717, 1.165) is 16.8 Å². The molecule has 0 aliphatic carbocycles. The van der Waals surface area contributed by atoms with Crippen molar-refractivity contribution in [3.63, 3.8) is 0 Å². The van der Waals surface area contributed by atoms with E-state index >= 15 is 0 Å². The molecule has 72 valence electrons. The third-order valence-electron chi connectivity index (χ3n) is 2.13. The Morgan fingerprint density at radius 2 is 1.53 bits per heavy atom. The van der Waals surface area contributed by atoms with Gasteiger partial charge >= 0.3 is 0 Å². The second-order valence-corrected chi connectivity index (χ2v) is 3.34. The molecule has 0 N–H and O–H groups in total. The van der Waals surface area contributed by atoms with Crippen LogP contribution in [0.5, 0.6) is 5.75 Å². The van der Waals surface area contributed by atoms with Gasteiger partial charge in [-0.3, -0.25) is 0 Å². The first-order chi connectivity index (χ1) is 7.34. The zero-order chi connectivity index (χ0) is 10.5. The normalized spacial score (nSPS) is 9.87. The van der Waals surface area contributed by atoms with Crippen LogP contribution in [0.3, 0.4) is 0 Å². The monoisotopic (exact) mass is 194 g/mol. The summed E-state index contributed by atoms with van der Waals surface area (Å²) < 4.78 is 5.59. The number of ether oxygens (including phenoxy) is 1. The van der Waals surface area contributed by atoms with Crippen molar-refractivity contribution < 1.29 is 4.74 Å². The first kappa shape index (κ1) is 9.84. The summed E-state index contributed by atoms with van der Waals surface area (Å²) >= 11 is 0. The lowest BCUT2D eigenvalue weighted by molar-refractivity contribution is 0.306. The van der Waals surface area contributed by atoms with Crippen molar-refractivity contribution in [3.8, 4) is 5.75 Å². The van der Waals surface area contributed by atoms with E-state index in [-0.39, 0.29) is 0 Å². The van der Waals surface area contributed by atoms with Crippen LogP contribution in [0.2, 0.25) is 0 Å². The molecule has 0 saturated heterocycles. The quantitative estimate of drug-likeness (QED) is 0.679. The molecular formula is C13H11BO. The first-order valence-electron chi connectivity index (χ1n) is 4.87. The SMILES string of the molecule is [B]c1ccc(OCc2ccccc2)cc1. The van der Waals surface area contributed by atoms with Gasteiger partial charge in [-0.05, 0) is 17.7 Å². The lowest BCUT2D eigenvalue weighted by Crippen LogP contribution is -2.01. The second-order valence-electron chi connectivity index (χ2n) is 3.34. The molecule has 2 aromatic carbocycles. The van der Waals surface area contributed by atoms with Crippen molar-refractivity contribution in [1.82, 2.24) is 0 Å². The van der Waals surface area contributed by atoms with Gasteiger partial charge in [0.05, 0.1) is 0 Å². The Balaban J connectivity index is 1.96. The minimum absolute atomic E-state index is 0.588. The van der Waals surface area contributed by atoms with Crippen molar-refractivity contribution in [3.05, 3.63) is 60.2 Å². The average molecular weight is 194 g/mol. The maximum Gasteiger partial charge on any atom is 0.119 e. The molecule has 0 aromatic heterocycles. The number of benzene rings is 2. The fourth-order valence-electron chi connectivity index (χ4n) is 1.30. The van der Waals surface area contributed by atoms with Gasteiger partial charge in [0.1, 0.15) is 20.2 Å². The van der Waals surface area contributed by atoms with Gasteiger partial charge in [0, 0.05) is 0 Å². The van der Waals surface area contributed by atoms with E-state index in [4.69, 9.17) is 12.6 Å². The molecule has 0 amide bonds. The van der Waals surface area contributed by atoms with Crippen LogP contribution in [0.15, 0.2) is 54.6 Å². The van der Waals surface area contributed by atoms with Crippen molar-refractivity contribution in [2.75, 3.05) is 0 Å². The Kier molecular flexibility index (Phi) is 3.08. The standard InChI is InChI=1S/C13H11BO/c14-12-6-8-13(9-7-12)15-10-11-4-2-1-3-5-11/h1-9H,10H2. The van der Waals surface area contributed by atoms with E-state index in [1.165, 1.54) is 0 Å². The van der Waals surface area contributed by atoms with E-state index in [1.807, 2.05) is 54.6 Å². The molecule has 0 bridgehead atoms. The van der Waals surface area contributed by atoms with Crippen LogP contribution in [0.25, 0.3) is 0 Å². The topological polar surface area (TPSA) is 9.23 Å². The van der Waals surface area contributed by atoms with E-state index < -0.39 is 0 Å². The smallest absolute Gasteiger partial charge is 0.119 e. The minimum Gasteiger partial charge on any atom is -0.489 e. The van der Waals surface area contributed by atoms with Crippen molar-refractivity contribution in [2.45, 2.75) is 6.61 Å². The largest absolute Gasteiger partial charge is 0.489 e. The van der Waals surface area contributed by atoms with Gasteiger partial charge in [-0.25, -0.2) is 0 Å². The van der Waals surface area contributed by atoms with Crippen LogP contribution in [-0.2, 0) is 6.61 Å². The lowest BCUT2D eigenvalue weighted by atomic mass is 9.97. The molecule has 15 heavy (non-hydrogen) atoms. The molecule has 0 spiro atoms. The molecule has 0 unspecified atom stereocenters. The molecule has 2 aromatic rings. The Bertz CT molecular complexity index is 408. The number of hydrogen-bond acceptors (Lipinski definition) is 1. The van der Waals surface area contributed by atoms with Crippen molar-refractivity contribution in [2.24, 2.45) is 0 Å². The molecule has 2 heteroatoms. The average Bonchev–Trinajstić information content (AvgIpc) is 2.30. The summed E-state index contributed by atoms with van der Waals surface area (Å²) in [6, 6.07) is 17.5. The maximum atomic E-state index is 5.59. The second kappa shape index (κ2) is 4.69. The Morgan fingerprint density at radius 3 is 2.20 bits per heavy atom. The Labute approximate surface area is 91.1 Å². The highest BCUT2D eigenvalue weighted by Crippen LogP contribution is 2.10.